The Kier molecular flexibility index (Phi) is 4.79. The maximum Gasteiger partial charge on any atom is 0.347 e. The number of nitrogens with one attached hydrogen (secondary N) is 1. The molecule has 0 spiro atoms. The molecule has 0 radical (unpaired) electrons. The van der Waals surface area contributed by atoms with Gasteiger partial charge >= 0.3 is 5.69 Å². The first-order valence-electron chi connectivity index (χ1n) is 7.31. The molecule has 7 nitrogen and oxygen atoms in total. The Labute approximate surface area is 141 Å². The van der Waals surface area contributed by atoms with E-state index >= 15 is 0 Å². The summed E-state index contributed by atoms with van der Waals surface area (Å²) in [6.07, 6.45) is 4.24. The molecule has 0 bridgehead atoms. The van der Waals surface area contributed by atoms with Gasteiger partial charge in [0.25, 0.3) is 0 Å². The highest BCUT2D eigenvalue weighted by Gasteiger charge is 2.06. The van der Waals surface area contributed by atoms with Crippen molar-refractivity contribution in [3.05, 3.63) is 77.4 Å². The summed E-state index contributed by atoms with van der Waals surface area (Å²) in [6, 6.07) is 10.4. The molecule has 3 aromatic rings. The van der Waals surface area contributed by atoms with E-state index < -0.39 is 17.4 Å². The number of carbonyl (C=O) groups is 1. The molecule has 0 aliphatic rings. The number of benzene rings is 1. The van der Waals surface area contributed by atoms with Gasteiger partial charge in [0.15, 0.2) is 0 Å². The molecule has 0 saturated heterocycles. The van der Waals surface area contributed by atoms with Gasteiger partial charge in [-0.2, -0.15) is 0 Å². The van der Waals surface area contributed by atoms with E-state index in [0.717, 1.165) is 0 Å². The number of aromatic nitrogens is 3. The van der Waals surface area contributed by atoms with Crippen LogP contribution in [0.2, 0.25) is 0 Å². The van der Waals surface area contributed by atoms with E-state index in [1.165, 1.54) is 47.4 Å². The van der Waals surface area contributed by atoms with Crippen molar-refractivity contribution in [2.45, 2.75) is 6.54 Å². The molecule has 0 unspecified atom stereocenters. The molecule has 25 heavy (non-hydrogen) atoms. The Morgan fingerprint density at radius 1 is 1.20 bits per heavy atom. The number of nitrogens with zero attached hydrogens (tertiary/aromatic N) is 3. The molecule has 126 valence electrons. The second kappa shape index (κ2) is 7.35. The standard InChI is InChI=1S/C17H13FN4O3/c18-12-3-1-4-14(9-12)25-16-6-5-13(10-20-16)21-15(23)11-22-8-2-7-19-17(22)24/h1-10H,11H2,(H,21,23). The van der Waals surface area contributed by atoms with Crippen LogP contribution in [-0.2, 0) is 11.3 Å². The highest BCUT2D eigenvalue weighted by Crippen LogP contribution is 2.21. The molecule has 1 amide bonds. The Hall–Kier alpha value is -3.55. The molecule has 2 aromatic heterocycles. The lowest BCUT2D eigenvalue weighted by atomic mass is 10.3. The number of ether oxygens (including phenoxy) is 1. The Balaban J connectivity index is 1.61. The van der Waals surface area contributed by atoms with Crippen molar-refractivity contribution >= 4 is 11.6 Å². The van der Waals surface area contributed by atoms with Gasteiger partial charge in [-0.25, -0.2) is 19.2 Å². The first-order chi connectivity index (χ1) is 12.1. The monoisotopic (exact) mass is 340 g/mol. The van der Waals surface area contributed by atoms with E-state index in [1.54, 1.807) is 18.2 Å². The van der Waals surface area contributed by atoms with Gasteiger partial charge in [0.2, 0.25) is 11.8 Å². The van der Waals surface area contributed by atoms with Crippen LogP contribution in [0.25, 0.3) is 0 Å². The second-order valence-electron chi connectivity index (χ2n) is 5.02. The van der Waals surface area contributed by atoms with Crippen molar-refractivity contribution in [1.82, 2.24) is 14.5 Å². The van der Waals surface area contributed by atoms with Gasteiger partial charge in [0.05, 0.1) is 11.9 Å². The fourth-order valence-corrected chi connectivity index (χ4v) is 2.03. The number of carbonyl (C=O) groups excluding carboxylic acids is 1. The number of pyridine rings is 1. The lowest BCUT2D eigenvalue weighted by Gasteiger charge is -2.08. The first kappa shape index (κ1) is 16.3. The summed E-state index contributed by atoms with van der Waals surface area (Å²) in [7, 11) is 0. The van der Waals surface area contributed by atoms with Gasteiger partial charge < -0.3 is 10.1 Å². The maximum absolute atomic E-state index is 13.1. The molecule has 0 aliphatic heterocycles. The molecule has 0 atom stereocenters. The van der Waals surface area contributed by atoms with Crippen LogP contribution in [0.15, 0.2) is 65.8 Å². The Bertz CT molecular complexity index is 941. The van der Waals surface area contributed by atoms with Gasteiger partial charge in [0, 0.05) is 24.5 Å². The summed E-state index contributed by atoms with van der Waals surface area (Å²) in [5.74, 6) is -0.227. The minimum absolute atomic E-state index is 0.159. The molecule has 8 heteroatoms. The zero-order valence-electron chi connectivity index (χ0n) is 12.9. The van der Waals surface area contributed by atoms with Gasteiger partial charge in [-0.1, -0.05) is 6.07 Å². The number of hydrogen-bond acceptors (Lipinski definition) is 5. The number of rotatable bonds is 5. The molecule has 1 N–H and O–H groups in total. The van der Waals surface area contributed by atoms with Crippen LogP contribution in [0.1, 0.15) is 0 Å². The molecular weight excluding hydrogens is 327 g/mol. The zero-order chi connectivity index (χ0) is 17.6. The van der Waals surface area contributed by atoms with Crippen LogP contribution in [-0.4, -0.2) is 20.4 Å². The highest BCUT2D eigenvalue weighted by atomic mass is 19.1. The number of anilines is 1. The fourth-order valence-electron chi connectivity index (χ4n) is 2.03. The van der Waals surface area contributed by atoms with Gasteiger partial charge in [0.1, 0.15) is 18.1 Å². The summed E-state index contributed by atoms with van der Waals surface area (Å²) in [5.41, 5.74) is -0.0665. The van der Waals surface area contributed by atoms with Crippen molar-refractivity contribution in [1.29, 1.82) is 0 Å². The molecular formula is C17H13FN4O3. The number of halogens is 1. The molecule has 0 aliphatic carbocycles. The van der Waals surface area contributed by atoms with E-state index in [1.807, 2.05) is 0 Å². The van der Waals surface area contributed by atoms with Crippen LogP contribution < -0.4 is 15.7 Å². The van der Waals surface area contributed by atoms with Crippen LogP contribution in [0.3, 0.4) is 0 Å². The maximum atomic E-state index is 13.1. The van der Waals surface area contributed by atoms with E-state index in [4.69, 9.17) is 4.74 Å². The van der Waals surface area contributed by atoms with Crippen LogP contribution >= 0.6 is 0 Å². The summed E-state index contributed by atoms with van der Waals surface area (Å²) in [5, 5.41) is 2.61. The molecule has 0 saturated carbocycles. The SMILES string of the molecule is O=C(Cn1cccnc1=O)Nc1ccc(Oc2cccc(F)c2)nc1. The average Bonchev–Trinajstić information content (AvgIpc) is 2.59. The third kappa shape index (κ3) is 4.47. The quantitative estimate of drug-likeness (QED) is 0.769. The van der Waals surface area contributed by atoms with Crippen molar-refractivity contribution in [2.24, 2.45) is 0 Å². The molecule has 2 heterocycles. The summed E-state index contributed by atoms with van der Waals surface area (Å²) in [6.45, 7) is -0.159. The smallest absolute Gasteiger partial charge is 0.347 e. The largest absolute Gasteiger partial charge is 0.439 e. The Morgan fingerprint density at radius 3 is 2.80 bits per heavy atom. The van der Waals surface area contributed by atoms with Crippen molar-refractivity contribution in [3.8, 4) is 11.6 Å². The predicted octanol–water partition coefficient (Wildman–Crippen LogP) is 2.21. The molecule has 0 fully saturated rings. The Morgan fingerprint density at radius 2 is 2.08 bits per heavy atom. The van der Waals surface area contributed by atoms with Gasteiger partial charge in [-0.15, -0.1) is 0 Å². The van der Waals surface area contributed by atoms with E-state index in [2.05, 4.69) is 15.3 Å². The van der Waals surface area contributed by atoms with E-state index in [0.29, 0.717) is 11.4 Å². The van der Waals surface area contributed by atoms with Gasteiger partial charge in [-0.05, 0) is 24.3 Å². The lowest BCUT2D eigenvalue weighted by Crippen LogP contribution is -2.28. The second-order valence-corrected chi connectivity index (χ2v) is 5.02. The van der Waals surface area contributed by atoms with Gasteiger partial charge in [-0.3, -0.25) is 9.36 Å². The van der Waals surface area contributed by atoms with Crippen molar-refractivity contribution in [3.63, 3.8) is 0 Å². The number of amides is 1. The summed E-state index contributed by atoms with van der Waals surface area (Å²) < 4.78 is 19.7. The fraction of sp³-hybridized carbons (Fsp3) is 0.0588. The lowest BCUT2D eigenvalue weighted by molar-refractivity contribution is -0.116. The zero-order valence-corrected chi connectivity index (χ0v) is 12.9. The minimum Gasteiger partial charge on any atom is -0.439 e. The van der Waals surface area contributed by atoms with Crippen LogP contribution in [0.5, 0.6) is 11.6 Å². The summed E-state index contributed by atoms with van der Waals surface area (Å²) in [4.78, 5) is 31.0. The van der Waals surface area contributed by atoms with E-state index in [9.17, 15) is 14.0 Å². The topological polar surface area (TPSA) is 86.1 Å². The predicted molar refractivity (Wildman–Crippen MR) is 87.8 cm³/mol. The molecule has 1 aromatic carbocycles. The minimum atomic E-state index is -0.505. The third-order valence-corrected chi connectivity index (χ3v) is 3.14. The summed E-state index contributed by atoms with van der Waals surface area (Å²) >= 11 is 0. The first-order valence-corrected chi connectivity index (χ1v) is 7.31. The average molecular weight is 340 g/mol. The van der Waals surface area contributed by atoms with E-state index in [-0.39, 0.29) is 12.4 Å². The molecule has 3 rings (SSSR count). The van der Waals surface area contributed by atoms with Crippen LogP contribution in [0, 0.1) is 5.82 Å². The number of hydrogen-bond donors (Lipinski definition) is 1. The normalized spacial score (nSPS) is 10.3. The van der Waals surface area contributed by atoms with Crippen molar-refractivity contribution < 1.29 is 13.9 Å². The van der Waals surface area contributed by atoms with Crippen molar-refractivity contribution in [2.75, 3.05) is 5.32 Å². The third-order valence-electron chi connectivity index (χ3n) is 3.14. The van der Waals surface area contributed by atoms with Crippen LogP contribution in [0.4, 0.5) is 10.1 Å². The highest BCUT2D eigenvalue weighted by molar-refractivity contribution is 5.90.